The van der Waals surface area contributed by atoms with Crippen LogP contribution in [-0.2, 0) is 35.1 Å². The van der Waals surface area contributed by atoms with Gasteiger partial charge in [0.15, 0.2) is 6.79 Å². The fraction of sp³-hybridized carbons (Fsp3) is 0.467. The van der Waals surface area contributed by atoms with Gasteiger partial charge in [0, 0.05) is 13.8 Å². The number of ether oxygens (including phenoxy) is 4. The summed E-state index contributed by atoms with van der Waals surface area (Å²) in [4.78, 5) is 21.5. The minimum Gasteiger partial charge on any atom is -0.463 e. The summed E-state index contributed by atoms with van der Waals surface area (Å²) < 4.78 is 20.4. The third-order valence-electron chi connectivity index (χ3n) is 2.45. The quantitative estimate of drug-likeness (QED) is 0.510. The third-order valence-corrected chi connectivity index (χ3v) is 2.45. The van der Waals surface area contributed by atoms with Crippen molar-refractivity contribution in [1.29, 1.82) is 0 Å². The number of esters is 2. The van der Waals surface area contributed by atoms with Crippen molar-refractivity contribution in [3.63, 3.8) is 0 Å². The Bertz CT molecular complexity index is 431. The number of hydrogen-bond acceptors (Lipinski definition) is 6. The minimum atomic E-state index is -0.489. The van der Waals surface area contributed by atoms with Gasteiger partial charge in [-0.3, -0.25) is 9.59 Å². The van der Waals surface area contributed by atoms with Crippen molar-refractivity contribution in [2.24, 2.45) is 0 Å². The number of benzene rings is 1. The molecule has 0 aliphatic heterocycles. The number of carbonyl (C=O) groups is 2. The van der Waals surface area contributed by atoms with Gasteiger partial charge in [0.25, 0.3) is 0 Å². The lowest BCUT2D eigenvalue weighted by Crippen LogP contribution is -2.28. The molecule has 1 aromatic rings. The van der Waals surface area contributed by atoms with E-state index in [9.17, 15) is 9.59 Å². The third kappa shape index (κ3) is 8.78. The van der Waals surface area contributed by atoms with Crippen molar-refractivity contribution < 1.29 is 28.5 Å². The van der Waals surface area contributed by atoms with Crippen LogP contribution in [0.2, 0.25) is 0 Å². The fourth-order valence-corrected chi connectivity index (χ4v) is 1.45. The maximum absolute atomic E-state index is 10.8. The lowest BCUT2D eigenvalue weighted by atomic mass is 10.2. The molecule has 0 spiro atoms. The van der Waals surface area contributed by atoms with Crippen LogP contribution in [-0.4, -0.2) is 38.0 Å². The van der Waals surface area contributed by atoms with Crippen molar-refractivity contribution >= 4 is 11.9 Å². The highest BCUT2D eigenvalue weighted by atomic mass is 16.7. The lowest BCUT2D eigenvalue weighted by Gasteiger charge is -2.17. The van der Waals surface area contributed by atoms with E-state index < -0.39 is 18.0 Å². The maximum Gasteiger partial charge on any atom is 0.304 e. The van der Waals surface area contributed by atoms with Gasteiger partial charge in [-0.1, -0.05) is 30.3 Å². The molecule has 0 amide bonds. The van der Waals surface area contributed by atoms with Gasteiger partial charge >= 0.3 is 11.9 Å². The molecule has 0 heterocycles. The molecule has 1 atom stereocenters. The van der Waals surface area contributed by atoms with E-state index in [0.717, 1.165) is 5.56 Å². The van der Waals surface area contributed by atoms with Crippen LogP contribution in [0.25, 0.3) is 0 Å². The Morgan fingerprint density at radius 2 is 1.67 bits per heavy atom. The van der Waals surface area contributed by atoms with Gasteiger partial charge in [0.1, 0.15) is 12.7 Å². The van der Waals surface area contributed by atoms with E-state index >= 15 is 0 Å². The van der Waals surface area contributed by atoms with Gasteiger partial charge in [-0.2, -0.15) is 0 Å². The van der Waals surface area contributed by atoms with E-state index in [1.54, 1.807) is 0 Å². The molecule has 1 rings (SSSR count). The fourth-order valence-electron chi connectivity index (χ4n) is 1.45. The highest BCUT2D eigenvalue weighted by Gasteiger charge is 2.12. The summed E-state index contributed by atoms with van der Waals surface area (Å²) in [6.07, 6.45) is -0.489. The summed E-state index contributed by atoms with van der Waals surface area (Å²) in [5.41, 5.74) is 1.03. The van der Waals surface area contributed by atoms with Crippen molar-refractivity contribution in [3.05, 3.63) is 35.9 Å². The molecule has 6 heteroatoms. The molecular formula is C15H20O6. The van der Waals surface area contributed by atoms with Gasteiger partial charge in [-0.15, -0.1) is 0 Å². The van der Waals surface area contributed by atoms with Crippen LogP contribution in [0.1, 0.15) is 19.4 Å². The Kier molecular flexibility index (Phi) is 8.08. The van der Waals surface area contributed by atoms with Crippen molar-refractivity contribution in [2.45, 2.75) is 26.6 Å². The second-order valence-electron chi connectivity index (χ2n) is 4.35. The molecule has 0 bridgehead atoms. The molecule has 0 N–H and O–H groups in total. The van der Waals surface area contributed by atoms with Crippen LogP contribution in [0.3, 0.4) is 0 Å². The van der Waals surface area contributed by atoms with E-state index in [2.05, 4.69) is 4.74 Å². The average molecular weight is 296 g/mol. The number of hydrogen-bond donors (Lipinski definition) is 0. The van der Waals surface area contributed by atoms with Gasteiger partial charge < -0.3 is 18.9 Å². The summed E-state index contributed by atoms with van der Waals surface area (Å²) in [6, 6.07) is 9.66. The largest absolute Gasteiger partial charge is 0.463 e. The van der Waals surface area contributed by atoms with Crippen LogP contribution in [0.5, 0.6) is 0 Å². The molecule has 21 heavy (non-hydrogen) atoms. The molecule has 0 aliphatic rings. The SMILES string of the molecule is CC(=O)OCOC(COCc1ccccc1)COC(C)=O. The highest BCUT2D eigenvalue weighted by molar-refractivity contribution is 5.66. The first-order valence-corrected chi connectivity index (χ1v) is 6.58. The van der Waals surface area contributed by atoms with Gasteiger partial charge in [0.2, 0.25) is 0 Å². The van der Waals surface area contributed by atoms with Crippen molar-refractivity contribution in [1.82, 2.24) is 0 Å². The molecule has 1 unspecified atom stereocenters. The molecule has 0 aromatic heterocycles. The highest BCUT2D eigenvalue weighted by Crippen LogP contribution is 2.03. The first kappa shape index (κ1) is 17.1. The molecule has 0 radical (unpaired) electrons. The summed E-state index contributed by atoms with van der Waals surface area (Å²) in [5, 5.41) is 0. The van der Waals surface area contributed by atoms with Crippen LogP contribution in [0, 0.1) is 0 Å². The van der Waals surface area contributed by atoms with E-state index in [0.29, 0.717) is 6.61 Å². The van der Waals surface area contributed by atoms with E-state index in [1.165, 1.54) is 13.8 Å². The zero-order chi connectivity index (χ0) is 15.5. The summed E-state index contributed by atoms with van der Waals surface area (Å²) in [5.74, 6) is -0.842. The first-order valence-electron chi connectivity index (χ1n) is 6.58. The summed E-state index contributed by atoms with van der Waals surface area (Å²) in [7, 11) is 0. The van der Waals surface area contributed by atoms with E-state index in [-0.39, 0.29) is 20.0 Å². The maximum atomic E-state index is 10.8. The summed E-state index contributed by atoms with van der Waals surface area (Å²) in [6.45, 7) is 3.10. The van der Waals surface area contributed by atoms with Crippen molar-refractivity contribution in [2.75, 3.05) is 20.0 Å². The molecule has 0 fully saturated rings. The summed E-state index contributed by atoms with van der Waals surface area (Å²) >= 11 is 0. The smallest absolute Gasteiger partial charge is 0.304 e. The van der Waals surface area contributed by atoms with E-state index in [4.69, 9.17) is 14.2 Å². The monoisotopic (exact) mass is 296 g/mol. The molecule has 0 saturated heterocycles. The second kappa shape index (κ2) is 9.90. The van der Waals surface area contributed by atoms with Crippen molar-refractivity contribution in [3.8, 4) is 0 Å². The molecule has 0 aliphatic carbocycles. The Morgan fingerprint density at radius 1 is 1.00 bits per heavy atom. The zero-order valence-electron chi connectivity index (χ0n) is 12.2. The minimum absolute atomic E-state index is 0.0470. The Balaban J connectivity index is 2.32. The Hall–Kier alpha value is -1.92. The van der Waals surface area contributed by atoms with Gasteiger partial charge in [-0.05, 0) is 5.56 Å². The first-order chi connectivity index (χ1) is 10.1. The van der Waals surface area contributed by atoms with E-state index in [1.807, 2.05) is 30.3 Å². The topological polar surface area (TPSA) is 71.1 Å². The van der Waals surface area contributed by atoms with Crippen LogP contribution in [0.15, 0.2) is 30.3 Å². The predicted octanol–water partition coefficient (Wildman–Crippen LogP) is 1.67. The standard InChI is InChI=1S/C15H20O6/c1-12(16)19-10-15(21-11-20-13(2)17)9-18-8-14-6-4-3-5-7-14/h3-7,15H,8-11H2,1-2H3. The lowest BCUT2D eigenvalue weighted by molar-refractivity contribution is -0.170. The zero-order valence-corrected chi connectivity index (χ0v) is 12.2. The molecular weight excluding hydrogens is 276 g/mol. The van der Waals surface area contributed by atoms with Crippen LogP contribution in [0.4, 0.5) is 0 Å². The molecule has 6 nitrogen and oxygen atoms in total. The normalized spacial score (nSPS) is 11.7. The molecule has 1 aromatic carbocycles. The van der Waals surface area contributed by atoms with Gasteiger partial charge in [0.05, 0.1) is 13.2 Å². The number of carbonyl (C=O) groups excluding carboxylic acids is 2. The predicted molar refractivity (Wildman–Crippen MR) is 74.2 cm³/mol. The number of rotatable bonds is 9. The molecule has 0 saturated carbocycles. The second-order valence-corrected chi connectivity index (χ2v) is 4.35. The van der Waals surface area contributed by atoms with Crippen LogP contribution >= 0.6 is 0 Å². The molecule has 116 valence electrons. The van der Waals surface area contributed by atoms with Crippen LogP contribution < -0.4 is 0 Å². The Morgan fingerprint density at radius 3 is 2.29 bits per heavy atom. The average Bonchev–Trinajstić information content (AvgIpc) is 2.45. The Labute approximate surface area is 123 Å². The van der Waals surface area contributed by atoms with Gasteiger partial charge in [-0.25, -0.2) is 0 Å².